The fourth-order valence-corrected chi connectivity index (χ4v) is 3.73. The number of aliphatic imine (C=N–C) groups is 1. The second-order valence-corrected chi connectivity index (χ2v) is 7.09. The standard InChI is InChI=1S/C17H25FN4S.HI/c1-19-17(21-14-7-8-22(11-14)15-4-5-15)20-10-12-9-13(18)3-6-16(12)23-2;/h3,6,9,14-15H,4-5,7-8,10-11H2,1-2H3,(H2,19,20,21);1H. The highest BCUT2D eigenvalue weighted by Gasteiger charge is 2.34. The molecule has 0 bridgehead atoms. The van der Waals surface area contributed by atoms with Crippen molar-refractivity contribution in [2.45, 2.75) is 42.8 Å². The predicted octanol–water partition coefficient (Wildman–Crippen LogP) is 3.07. The fraction of sp³-hybridized carbons (Fsp3) is 0.588. The van der Waals surface area contributed by atoms with E-state index in [9.17, 15) is 4.39 Å². The van der Waals surface area contributed by atoms with Gasteiger partial charge in [0.1, 0.15) is 5.82 Å². The zero-order valence-electron chi connectivity index (χ0n) is 14.2. The van der Waals surface area contributed by atoms with Gasteiger partial charge in [0, 0.05) is 43.7 Å². The van der Waals surface area contributed by atoms with Crippen molar-refractivity contribution in [1.82, 2.24) is 15.5 Å². The number of nitrogens with one attached hydrogen (secondary N) is 2. The smallest absolute Gasteiger partial charge is 0.191 e. The molecular formula is C17H26FIN4S. The largest absolute Gasteiger partial charge is 0.352 e. The van der Waals surface area contributed by atoms with Crippen LogP contribution in [-0.2, 0) is 6.54 Å². The molecule has 0 amide bonds. The van der Waals surface area contributed by atoms with Crippen molar-refractivity contribution in [1.29, 1.82) is 0 Å². The van der Waals surface area contributed by atoms with Crippen LogP contribution in [0.1, 0.15) is 24.8 Å². The number of likely N-dealkylation sites (tertiary alicyclic amines) is 1. The Morgan fingerprint density at radius 2 is 2.17 bits per heavy atom. The minimum Gasteiger partial charge on any atom is -0.352 e. The van der Waals surface area contributed by atoms with Crippen LogP contribution in [0.4, 0.5) is 4.39 Å². The van der Waals surface area contributed by atoms with E-state index in [1.807, 2.05) is 12.3 Å². The van der Waals surface area contributed by atoms with Crippen LogP contribution in [0.5, 0.6) is 0 Å². The normalized spacial score (nSPS) is 21.5. The van der Waals surface area contributed by atoms with Gasteiger partial charge in [0.05, 0.1) is 0 Å². The van der Waals surface area contributed by atoms with Crippen LogP contribution in [0, 0.1) is 5.82 Å². The summed E-state index contributed by atoms with van der Waals surface area (Å²) >= 11 is 1.63. The Kier molecular flexibility index (Phi) is 7.61. The lowest BCUT2D eigenvalue weighted by atomic mass is 10.2. The summed E-state index contributed by atoms with van der Waals surface area (Å²) in [4.78, 5) is 7.97. The Labute approximate surface area is 165 Å². The zero-order chi connectivity index (χ0) is 16.2. The molecule has 7 heteroatoms. The second kappa shape index (κ2) is 9.24. The van der Waals surface area contributed by atoms with E-state index in [0.717, 1.165) is 35.4 Å². The molecule has 0 radical (unpaired) electrons. The third kappa shape index (κ3) is 5.23. The van der Waals surface area contributed by atoms with E-state index in [1.54, 1.807) is 24.9 Å². The lowest BCUT2D eigenvalue weighted by Crippen LogP contribution is -2.44. The van der Waals surface area contributed by atoms with Crippen LogP contribution in [0.15, 0.2) is 28.1 Å². The number of halogens is 2. The SMILES string of the molecule is CN=C(NCc1cc(F)ccc1SC)NC1CCN(C2CC2)C1.I. The van der Waals surface area contributed by atoms with Gasteiger partial charge in [0.25, 0.3) is 0 Å². The van der Waals surface area contributed by atoms with Crippen molar-refractivity contribution in [3.05, 3.63) is 29.6 Å². The maximum atomic E-state index is 13.5. The number of guanidine groups is 1. The number of hydrogen-bond donors (Lipinski definition) is 2. The number of benzene rings is 1. The Hall–Kier alpha value is -0.540. The number of nitrogens with zero attached hydrogens (tertiary/aromatic N) is 2. The molecule has 3 rings (SSSR count). The zero-order valence-corrected chi connectivity index (χ0v) is 17.4. The summed E-state index contributed by atoms with van der Waals surface area (Å²) in [5, 5.41) is 6.81. The average molecular weight is 464 g/mol. The van der Waals surface area contributed by atoms with E-state index in [0.29, 0.717) is 12.6 Å². The highest BCUT2D eigenvalue weighted by atomic mass is 127. The second-order valence-electron chi connectivity index (χ2n) is 6.24. The van der Waals surface area contributed by atoms with Gasteiger partial charge in [-0.1, -0.05) is 0 Å². The molecule has 1 aliphatic carbocycles. The number of rotatable bonds is 5. The summed E-state index contributed by atoms with van der Waals surface area (Å²) < 4.78 is 13.5. The summed E-state index contributed by atoms with van der Waals surface area (Å²) in [7, 11) is 1.78. The Morgan fingerprint density at radius 3 is 2.83 bits per heavy atom. The van der Waals surface area contributed by atoms with E-state index >= 15 is 0 Å². The van der Waals surface area contributed by atoms with Gasteiger partial charge in [-0.15, -0.1) is 35.7 Å². The molecule has 0 aromatic heterocycles. The van der Waals surface area contributed by atoms with Crippen LogP contribution < -0.4 is 10.6 Å². The summed E-state index contributed by atoms with van der Waals surface area (Å²) in [5.41, 5.74) is 0.964. The van der Waals surface area contributed by atoms with Gasteiger partial charge in [0.2, 0.25) is 0 Å². The van der Waals surface area contributed by atoms with Crippen LogP contribution in [0.2, 0.25) is 0 Å². The first-order chi connectivity index (χ1) is 11.2. The molecule has 0 spiro atoms. The third-order valence-electron chi connectivity index (χ3n) is 4.54. The van der Waals surface area contributed by atoms with E-state index in [4.69, 9.17) is 0 Å². The highest BCUT2D eigenvalue weighted by Crippen LogP contribution is 2.29. The topological polar surface area (TPSA) is 39.7 Å². The highest BCUT2D eigenvalue weighted by molar-refractivity contribution is 14.0. The van der Waals surface area contributed by atoms with Crippen LogP contribution in [0.25, 0.3) is 0 Å². The molecule has 1 saturated heterocycles. The molecule has 2 N–H and O–H groups in total. The molecule has 2 aliphatic rings. The summed E-state index contributed by atoms with van der Waals surface area (Å²) in [5.74, 6) is 0.599. The van der Waals surface area contributed by atoms with E-state index in [2.05, 4.69) is 20.5 Å². The lowest BCUT2D eigenvalue weighted by Gasteiger charge is -2.19. The third-order valence-corrected chi connectivity index (χ3v) is 5.37. The predicted molar refractivity (Wildman–Crippen MR) is 110 cm³/mol. The number of hydrogen-bond acceptors (Lipinski definition) is 3. The minimum atomic E-state index is -0.196. The molecule has 1 saturated carbocycles. The molecular weight excluding hydrogens is 438 g/mol. The summed E-state index contributed by atoms with van der Waals surface area (Å²) in [6.07, 6.45) is 5.88. The average Bonchev–Trinajstić information content (AvgIpc) is 3.31. The Balaban J connectivity index is 0.00000208. The summed E-state index contributed by atoms with van der Waals surface area (Å²) in [6.45, 7) is 2.86. The van der Waals surface area contributed by atoms with Crippen LogP contribution in [0.3, 0.4) is 0 Å². The molecule has 1 aliphatic heterocycles. The first-order valence-electron chi connectivity index (χ1n) is 8.23. The molecule has 134 valence electrons. The molecule has 24 heavy (non-hydrogen) atoms. The van der Waals surface area contributed by atoms with Crippen molar-refractivity contribution in [3.63, 3.8) is 0 Å². The molecule has 2 fully saturated rings. The summed E-state index contributed by atoms with van der Waals surface area (Å²) in [6, 6.07) is 6.21. The van der Waals surface area contributed by atoms with Gasteiger partial charge in [-0.3, -0.25) is 9.89 Å². The first-order valence-corrected chi connectivity index (χ1v) is 9.45. The quantitative estimate of drug-likeness (QED) is 0.304. The van der Waals surface area contributed by atoms with Crippen LogP contribution in [-0.4, -0.2) is 49.3 Å². The van der Waals surface area contributed by atoms with E-state index in [-0.39, 0.29) is 29.8 Å². The fourth-order valence-electron chi connectivity index (χ4n) is 3.13. The van der Waals surface area contributed by atoms with Gasteiger partial charge in [-0.25, -0.2) is 4.39 Å². The molecule has 1 aromatic rings. The van der Waals surface area contributed by atoms with Crippen molar-refractivity contribution in [2.75, 3.05) is 26.4 Å². The van der Waals surface area contributed by atoms with Gasteiger partial charge in [-0.05, 0) is 49.3 Å². The van der Waals surface area contributed by atoms with Crippen molar-refractivity contribution < 1.29 is 4.39 Å². The molecule has 1 atom stereocenters. The molecule has 4 nitrogen and oxygen atoms in total. The van der Waals surface area contributed by atoms with Crippen molar-refractivity contribution in [2.24, 2.45) is 4.99 Å². The van der Waals surface area contributed by atoms with Gasteiger partial charge in [-0.2, -0.15) is 0 Å². The van der Waals surface area contributed by atoms with Gasteiger partial charge >= 0.3 is 0 Å². The number of thioether (sulfide) groups is 1. The minimum absolute atomic E-state index is 0. The molecule has 1 unspecified atom stereocenters. The first kappa shape index (κ1) is 19.8. The monoisotopic (exact) mass is 464 g/mol. The van der Waals surface area contributed by atoms with Crippen molar-refractivity contribution in [3.8, 4) is 0 Å². The maximum absolute atomic E-state index is 13.5. The lowest BCUT2D eigenvalue weighted by molar-refractivity contribution is 0.321. The van der Waals surface area contributed by atoms with E-state index < -0.39 is 0 Å². The van der Waals surface area contributed by atoms with E-state index in [1.165, 1.54) is 25.5 Å². The van der Waals surface area contributed by atoms with Gasteiger partial charge in [0.15, 0.2) is 5.96 Å². The molecule has 1 aromatic carbocycles. The Bertz CT molecular complexity index is 580. The Morgan fingerprint density at radius 1 is 1.38 bits per heavy atom. The van der Waals surface area contributed by atoms with Crippen LogP contribution >= 0.6 is 35.7 Å². The maximum Gasteiger partial charge on any atom is 0.191 e. The van der Waals surface area contributed by atoms with Gasteiger partial charge < -0.3 is 10.6 Å². The van der Waals surface area contributed by atoms with Crippen molar-refractivity contribution >= 4 is 41.7 Å². The molecule has 1 heterocycles.